The van der Waals surface area contributed by atoms with E-state index in [4.69, 9.17) is 9.47 Å². The number of amides is 1. The average Bonchev–Trinajstić information content (AvgIpc) is 2.49. The number of methoxy groups -OCH3 is 1. The van der Waals surface area contributed by atoms with Gasteiger partial charge in [-0.1, -0.05) is 12.1 Å². The van der Waals surface area contributed by atoms with Crippen LogP contribution in [-0.2, 0) is 9.53 Å². The monoisotopic (exact) mass is 271 g/mol. The van der Waals surface area contributed by atoms with E-state index >= 15 is 0 Å². The van der Waals surface area contributed by atoms with Gasteiger partial charge in [-0.3, -0.25) is 4.79 Å². The molecule has 5 nitrogen and oxygen atoms in total. The van der Waals surface area contributed by atoms with E-state index in [0.717, 1.165) is 0 Å². The first-order valence-electron chi connectivity index (χ1n) is 5.90. The molecule has 0 bridgehead atoms. The molecule has 0 saturated carbocycles. The summed E-state index contributed by atoms with van der Waals surface area (Å²) in [6, 6.07) is 13.6. The predicted octanol–water partition coefficient (Wildman–Crippen LogP) is 2.83. The Kier molecular flexibility index (Phi) is 4.34. The van der Waals surface area contributed by atoms with Crippen molar-refractivity contribution in [1.82, 2.24) is 0 Å². The van der Waals surface area contributed by atoms with Gasteiger partial charge in [0.25, 0.3) is 0 Å². The van der Waals surface area contributed by atoms with Gasteiger partial charge in [0.15, 0.2) is 0 Å². The summed E-state index contributed by atoms with van der Waals surface area (Å²) in [6.45, 7) is 0. The maximum absolute atomic E-state index is 11.6. The van der Waals surface area contributed by atoms with Crippen molar-refractivity contribution in [3.63, 3.8) is 0 Å². The lowest BCUT2D eigenvalue weighted by atomic mass is 10.2. The normalized spacial score (nSPS) is 9.65. The lowest BCUT2D eigenvalue weighted by Crippen LogP contribution is -2.03. The minimum Gasteiger partial charge on any atom is -0.465 e. The molecular formula is C15H13NO4. The van der Waals surface area contributed by atoms with Crippen LogP contribution in [0.15, 0.2) is 48.5 Å². The highest BCUT2D eigenvalue weighted by molar-refractivity contribution is 5.92. The first-order valence-corrected chi connectivity index (χ1v) is 5.90. The molecule has 0 spiro atoms. The third kappa shape index (κ3) is 3.14. The first kappa shape index (κ1) is 13.6. The Morgan fingerprint density at radius 1 is 1.10 bits per heavy atom. The fourth-order valence-electron chi connectivity index (χ4n) is 1.65. The number of carbonyl (C=O) groups excluding carboxylic acids is 2. The summed E-state index contributed by atoms with van der Waals surface area (Å²) in [4.78, 5) is 21.9. The quantitative estimate of drug-likeness (QED) is 0.671. The molecule has 2 aromatic carbocycles. The van der Waals surface area contributed by atoms with Crippen LogP contribution in [0.25, 0.3) is 0 Å². The van der Waals surface area contributed by atoms with Crippen LogP contribution in [0.5, 0.6) is 11.5 Å². The van der Waals surface area contributed by atoms with Gasteiger partial charge in [0.2, 0.25) is 6.41 Å². The third-order valence-corrected chi connectivity index (χ3v) is 2.60. The summed E-state index contributed by atoms with van der Waals surface area (Å²) in [7, 11) is 1.32. The third-order valence-electron chi connectivity index (χ3n) is 2.60. The maximum Gasteiger partial charge on any atom is 0.341 e. The molecule has 0 aliphatic rings. The maximum atomic E-state index is 11.6. The SMILES string of the molecule is COC(=O)c1ccccc1Oc1ccc(NC=O)cc1. The van der Waals surface area contributed by atoms with Gasteiger partial charge in [-0.25, -0.2) is 4.79 Å². The van der Waals surface area contributed by atoms with Gasteiger partial charge in [-0.15, -0.1) is 0 Å². The van der Waals surface area contributed by atoms with Crippen molar-refractivity contribution in [1.29, 1.82) is 0 Å². The van der Waals surface area contributed by atoms with Crippen molar-refractivity contribution < 1.29 is 19.1 Å². The topological polar surface area (TPSA) is 64.6 Å². The average molecular weight is 271 g/mol. The Morgan fingerprint density at radius 2 is 1.80 bits per heavy atom. The lowest BCUT2D eigenvalue weighted by molar-refractivity contribution is -0.105. The van der Waals surface area contributed by atoms with E-state index in [1.165, 1.54) is 7.11 Å². The molecule has 0 aromatic heterocycles. The Morgan fingerprint density at radius 3 is 2.45 bits per heavy atom. The standard InChI is InChI=1S/C15H13NO4/c1-19-15(18)13-4-2-3-5-14(13)20-12-8-6-11(7-9-12)16-10-17/h2-10H,1H3,(H,16,17). The van der Waals surface area contributed by atoms with Gasteiger partial charge >= 0.3 is 5.97 Å². The largest absolute Gasteiger partial charge is 0.465 e. The molecule has 1 N–H and O–H groups in total. The smallest absolute Gasteiger partial charge is 0.341 e. The number of rotatable bonds is 5. The highest BCUT2D eigenvalue weighted by Gasteiger charge is 2.12. The van der Waals surface area contributed by atoms with Crippen LogP contribution in [0.1, 0.15) is 10.4 Å². The fourth-order valence-corrected chi connectivity index (χ4v) is 1.65. The molecule has 2 aromatic rings. The van der Waals surface area contributed by atoms with Crippen molar-refractivity contribution in [2.45, 2.75) is 0 Å². The number of ether oxygens (including phenoxy) is 2. The molecule has 5 heteroatoms. The van der Waals surface area contributed by atoms with Crippen LogP contribution >= 0.6 is 0 Å². The van der Waals surface area contributed by atoms with E-state index in [1.54, 1.807) is 48.5 Å². The van der Waals surface area contributed by atoms with Gasteiger partial charge in [0.05, 0.1) is 7.11 Å². The van der Waals surface area contributed by atoms with Gasteiger partial charge in [0.1, 0.15) is 17.1 Å². The lowest BCUT2D eigenvalue weighted by Gasteiger charge is -2.10. The molecule has 0 atom stereocenters. The molecule has 0 aliphatic carbocycles. The summed E-state index contributed by atoms with van der Waals surface area (Å²) >= 11 is 0. The van der Waals surface area contributed by atoms with Crippen molar-refractivity contribution in [3.8, 4) is 11.5 Å². The van der Waals surface area contributed by atoms with Gasteiger partial charge < -0.3 is 14.8 Å². The van der Waals surface area contributed by atoms with Crippen LogP contribution in [-0.4, -0.2) is 19.5 Å². The van der Waals surface area contributed by atoms with Crippen molar-refractivity contribution in [2.75, 3.05) is 12.4 Å². The first-order chi connectivity index (χ1) is 9.74. The van der Waals surface area contributed by atoms with Crippen molar-refractivity contribution >= 4 is 18.1 Å². The van der Waals surface area contributed by atoms with Gasteiger partial charge in [0, 0.05) is 5.69 Å². The Bertz CT molecular complexity index is 608. The highest BCUT2D eigenvalue weighted by Crippen LogP contribution is 2.26. The van der Waals surface area contributed by atoms with Crippen molar-refractivity contribution in [2.24, 2.45) is 0 Å². The van der Waals surface area contributed by atoms with Crippen LogP contribution in [0.2, 0.25) is 0 Å². The molecule has 0 aliphatic heterocycles. The van der Waals surface area contributed by atoms with E-state index in [-0.39, 0.29) is 0 Å². The minimum atomic E-state index is -0.458. The second-order valence-corrected chi connectivity index (χ2v) is 3.88. The molecule has 0 heterocycles. The van der Waals surface area contributed by atoms with E-state index in [2.05, 4.69) is 5.32 Å². The second kappa shape index (κ2) is 6.38. The summed E-state index contributed by atoms with van der Waals surface area (Å²) in [6.07, 6.45) is 0.600. The van der Waals surface area contributed by atoms with Gasteiger partial charge in [-0.2, -0.15) is 0 Å². The molecule has 102 valence electrons. The molecule has 0 radical (unpaired) electrons. The van der Waals surface area contributed by atoms with E-state index in [9.17, 15) is 9.59 Å². The zero-order valence-electron chi connectivity index (χ0n) is 10.8. The Balaban J connectivity index is 2.21. The highest BCUT2D eigenvalue weighted by atomic mass is 16.5. The summed E-state index contributed by atoms with van der Waals surface area (Å²) in [5.41, 5.74) is 1.01. The van der Waals surface area contributed by atoms with Crippen LogP contribution < -0.4 is 10.1 Å². The van der Waals surface area contributed by atoms with E-state index < -0.39 is 5.97 Å². The van der Waals surface area contributed by atoms with Crippen LogP contribution in [0, 0.1) is 0 Å². The summed E-state index contributed by atoms with van der Waals surface area (Å²) < 4.78 is 10.3. The molecule has 0 unspecified atom stereocenters. The molecule has 0 saturated heterocycles. The fraction of sp³-hybridized carbons (Fsp3) is 0.0667. The Hall–Kier alpha value is -2.82. The summed E-state index contributed by atoms with van der Waals surface area (Å²) in [5, 5.41) is 2.53. The number of hydrogen-bond acceptors (Lipinski definition) is 4. The number of para-hydroxylation sites is 1. The zero-order chi connectivity index (χ0) is 14.4. The van der Waals surface area contributed by atoms with Crippen LogP contribution in [0.3, 0.4) is 0 Å². The predicted molar refractivity (Wildman–Crippen MR) is 74.0 cm³/mol. The van der Waals surface area contributed by atoms with Crippen LogP contribution in [0.4, 0.5) is 5.69 Å². The number of nitrogens with one attached hydrogen (secondary N) is 1. The number of anilines is 1. The van der Waals surface area contributed by atoms with E-state index in [0.29, 0.717) is 29.2 Å². The number of hydrogen-bond donors (Lipinski definition) is 1. The number of benzene rings is 2. The molecule has 20 heavy (non-hydrogen) atoms. The van der Waals surface area contributed by atoms with Gasteiger partial charge in [-0.05, 0) is 36.4 Å². The molecule has 0 fully saturated rings. The molecular weight excluding hydrogens is 258 g/mol. The van der Waals surface area contributed by atoms with Crippen molar-refractivity contribution in [3.05, 3.63) is 54.1 Å². The zero-order valence-corrected chi connectivity index (χ0v) is 10.8. The molecule has 2 rings (SSSR count). The Labute approximate surface area is 116 Å². The molecule has 1 amide bonds. The summed E-state index contributed by atoms with van der Waals surface area (Å²) in [5.74, 6) is 0.507. The number of esters is 1. The van der Waals surface area contributed by atoms with E-state index in [1.807, 2.05) is 0 Å². The minimum absolute atomic E-state index is 0.352. The number of carbonyl (C=O) groups is 2. The second-order valence-electron chi connectivity index (χ2n) is 3.88.